The maximum Gasteiger partial charge on any atom is 0.248 e. The fraction of sp³-hybridized carbons (Fsp3) is 0.435. The fourth-order valence-corrected chi connectivity index (χ4v) is 4.24. The summed E-state index contributed by atoms with van der Waals surface area (Å²) in [6, 6.07) is 16.2. The van der Waals surface area contributed by atoms with Crippen molar-refractivity contribution in [3.05, 3.63) is 65.2 Å². The lowest BCUT2D eigenvalue weighted by atomic mass is 9.79. The van der Waals surface area contributed by atoms with Crippen LogP contribution in [0.3, 0.4) is 0 Å². The van der Waals surface area contributed by atoms with Crippen LogP contribution in [0.4, 0.5) is 0 Å². The molecule has 0 bridgehead atoms. The number of methoxy groups -OCH3 is 1. The molecule has 0 aliphatic carbocycles. The lowest BCUT2D eigenvalue weighted by Gasteiger charge is -2.45. The summed E-state index contributed by atoms with van der Waals surface area (Å²) in [6.07, 6.45) is 2.54. The largest absolute Gasteiger partial charge is 0.497 e. The van der Waals surface area contributed by atoms with E-state index in [4.69, 9.17) is 14.2 Å². The Morgan fingerprint density at radius 1 is 1.14 bits per heavy atom. The Morgan fingerprint density at radius 2 is 1.93 bits per heavy atom. The van der Waals surface area contributed by atoms with E-state index in [-0.39, 0.29) is 18.1 Å². The summed E-state index contributed by atoms with van der Waals surface area (Å²) in [4.78, 5) is 14.4. The number of rotatable bonds is 5. The van der Waals surface area contributed by atoms with Gasteiger partial charge in [-0.2, -0.15) is 0 Å². The maximum absolute atomic E-state index is 12.5. The molecule has 0 N–H and O–H groups in total. The van der Waals surface area contributed by atoms with Crippen molar-refractivity contribution in [2.24, 2.45) is 0 Å². The van der Waals surface area contributed by atoms with Crippen molar-refractivity contribution in [2.75, 3.05) is 33.4 Å². The SMILES string of the molecule is COc1ccc2c(c1)CCOC21CCN(C(=O)COCc2ccccc2)CC1. The monoisotopic (exact) mass is 381 g/mol. The molecule has 2 aliphatic rings. The first-order chi connectivity index (χ1) is 13.7. The Hall–Kier alpha value is -2.37. The summed E-state index contributed by atoms with van der Waals surface area (Å²) in [5, 5.41) is 0. The number of amides is 1. The van der Waals surface area contributed by atoms with Crippen molar-refractivity contribution >= 4 is 5.91 Å². The van der Waals surface area contributed by atoms with Gasteiger partial charge in [-0.3, -0.25) is 4.79 Å². The number of hydrogen-bond donors (Lipinski definition) is 0. The van der Waals surface area contributed by atoms with Gasteiger partial charge in [-0.15, -0.1) is 0 Å². The van der Waals surface area contributed by atoms with E-state index in [9.17, 15) is 4.79 Å². The molecule has 4 rings (SSSR count). The average Bonchev–Trinajstić information content (AvgIpc) is 2.75. The maximum atomic E-state index is 12.5. The van der Waals surface area contributed by atoms with E-state index in [1.165, 1.54) is 11.1 Å². The van der Waals surface area contributed by atoms with Crippen molar-refractivity contribution in [2.45, 2.75) is 31.5 Å². The van der Waals surface area contributed by atoms with Gasteiger partial charge in [0.2, 0.25) is 5.91 Å². The molecule has 0 atom stereocenters. The van der Waals surface area contributed by atoms with Crippen molar-refractivity contribution in [3.63, 3.8) is 0 Å². The molecule has 0 aromatic heterocycles. The molecule has 1 spiro atoms. The summed E-state index contributed by atoms with van der Waals surface area (Å²) in [5.74, 6) is 0.940. The molecule has 0 radical (unpaired) electrons. The fourth-order valence-electron chi connectivity index (χ4n) is 4.24. The zero-order valence-corrected chi connectivity index (χ0v) is 16.4. The lowest BCUT2D eigenvalue weighted by molar-refractivity contribution is -0.145. The number of benzene rings is 2. The zero-order chi connectivity index (χ0) is 19.4. The van der Waals surface area contributed by atoms with Crippen LogP contribution in [0.5, 0.6) is 5.75 Å². The summed E-state index contributed by atoms with van der Waals surface area (Å²) in [5.41, 5.74) is 3.36. The Morgan fingerprint density at radius 3 is 2.68 bits per heavy atom. The molecule has 0 saturated carbocycles. The van der Waals surface area contributed by atoms with Crippen LogP contribution in [0, 0.1) is 0 Å². The van der Waals surface area contributed by atoms with E-state index in [2.05, 4.69) is 12.1 Å². The van der Waals surface area contributed by atoms with Crippen LogP contribution < -0.4 is 4.74 Å². The summed E-state index contributed by atoms with van der Waals surface area (Å²) < 4.78 is 17.2. The first-order valence-corrected chi connectivity index (χ1v) is 9.91. The highest BCUT2D eigenvalue weighted by Crippen LogP contribution is 2.42. The van der Waals surface area contributed by atoms with Gasteiger partial charge < -0.3 is 19.1 Å². The van der Waals surface area contributed by atoms with Crippen LogP contribution in [0.15, 0.2) is 48.5 Å². The Balaban J connectivity index is 1.34. The Labute approximate surface area is 166 Å². The number of fused-ring (bicyclic) bond motifs is 2. The van der Waals surface area contributed by atoms with Crippen LogP contribution in [-0.2, 0) is 32.9 Å². The van der Waals surface area contributed by atoms with Gasteiger partial charge in [0.1, 0.15) is 12.4 Å². The zero-order valence-electron chi connectivity index (χ0n) is 16.4. The minimum Gasteiger partial charge on any atom is -0.497 e. The second-order valence-corrected chi connectivity index (χ2v) is 7.48. The molecule has 2 aliphatic heterocycles. The standard InChI is InChI=1S/C23H27NO4/c1-26-20-7-8-21-19(15-20)9-14-28-23(21)10-12-24(13-11-23)22(25)17-27-16-18-5-3-2-4-6-18/h2-8,15H,9-14,16-17H2,1H3. The van der Waals surface area contributed by atoms with Gasteiger partial charge >= 0.3 is 0 Å². The average molecular weight is 381 g/mol. The molecular weight excluding hydrogens is 354 g/mol. The molecule has 2 heterocycles. The van der Waals surface area contributed by atoms with Crippen molar-refractivity contribution in [1.29, 1.82) is 0 Å². The topological polar surface area (TPSA) is 48.0 Å². The smallest absolute Gasteiger partial charge is 0.248 e. The third-order valence-corrected chi connectivity index (χ3v) is 5.81. The highest BCUT2D eigenvalue weighted by atomic mass is 16.5. The minimum atomic E-state index is -0.276. The van der Waals surface area contributed by atoms with Crippen LogP contribution in [0.2, 0.25) is 0 Å². The number of hydrogen-bond acceptors (Lipinski definition) is 4. The van der Waals surface area contributed by atoms with Gasteiger partial charge in [-0.1, -0.05) is 36.4 Å². The predicted octanol–water partition coefficient (Wildman–Crippen LogP) is 3.30. The number of piperidine rings is 1. The number of carbonyl (C=O) groups excluding carboxylic acids is 1. The van der Waals surface area contributed by atoms with E-state index >= 15 is 0 Å². The second-order valence-electron chi connectivity index (χ2n) is 7.48. The van der Waals surface area contributed by atoms with Gasteiger partial charge in [0.25, 0.3) is 0 Å². The molecule has 1 amide bonds. The molecular formula is C23H27NO4. The summed E-state index contributed by atoms with van der Waals surface area (Å²) in [6.45, 7) is 2.69. The lowest BCUT2D eigenvalue weighted by Crippen LogP contribution is -2.49. The molecule has 148 valence electrons. The quantitative estimate of drug-likeness (QED) is 0.797. The van der Waals surface area contributed by atoms with E-state index in [1.54, 1.807) is 7.11 Å². The van der Waals surface area contributed by atoms with Crippen molar-refractivity contribution < 1.29 is 19.0 Å². The third-order valence-electron chi connectivity index (χ3n) is 5.81. The van der Waals surface area contributed by atoms with Gasteiger partial charge in [-0.05, 0) is 48.1 Å². The number of ether oxygens (including phenoxy) is 3. The molecule has 1 fully saturated rings. The summed E-state index contributed by atoms with van der Waals surface area (Å²) in [7, 11) is 1.70. The number of nitrogens with zero attached hydrogens (tertiary/aromatic N) is 1. The minimum absolute atomic E-state index is 0.0524. The van der Waals surface area contributed by atoms with E-state index in [0.29, 0.717) is 26.3 Å². The molecule has 5 nitrogen and oxygen atoms in total. The molecule has 2 aromatic carbocycles. The van der Waals surface area contributed by atoms with Crippen molar-refractivity contribution in [1.82, 2.24) is 4.90 Å². The van der Waals surface area contributed by atoms with Gasteiger partial charge in [0, 0.05) is 13.1 Å². The van der Waals surface area contributed by atoms with Crippen molar-refractivity contribution in [3.8, 4) is 5.75 Å². The van der Waals surface area contributed by atoms with E-state index < -0.39 is 0 Å². The first kappa shape index (κ1) is 19.0. The molecule has 1 saturated heterocycles. The molecule has 28 heavy (non-hydrogen) atoms. The van der Waals surface area contributed by atoms with Gasteiger partial charge in [0.15, 0.2) is 0 Å². The van der Waals surface area contributed by atoms with E-state index in [0.717, 1.165) is 30.6 Å². The number of likely N-dealkylation sites (tertiary alicyclic amines) is 1. The van der Waals surface area contributed by atoms with Gasteiger partial charge in [0.05, 0.1) is 25.9 Å². The van der Waals surface area contributed by atoms with E-state index in [1.807, 2.05) is 41.3 Å². The molecule has 2 aromatic rings. The highest BCUT2D eigenvalue weighted by molar-refractivity contribution is 5.77. The highest BCUT2D eigenvalue weighted by Gasteiger charge is 2.41. The third kappa shape index (κ3) is 3.91. The first-order valence-electron chi connectivity index (χ1n) is 9.91. The molecule has 5 heteroatoms. The number of carbonyl (C=O) groups is 1. The van der Waals surface area contributed by atoms with Crippen LogP contribution in [-0.4, -0.2) is 44.2 Å². The second kappa shape index (κ2) is 8.33. The van der Waals surface area contributed by atoms with Gasteiger partial charge in [-0.25, -0.2) is 0 Å². The van der Waals surface area contributed by atoms with Crippen LogP contribution in [0.25, 0.3) is 0 Å². The predicted molar refractivity (Wildman–Crippen MR) is 106 cm³/mol. The summed E-state index contributed by atoms with van der Waals surface area (Å²) >= 11 is 0. The Bertz CT molecular complexity index is 813. The normalized spacial score (nSPS) is 18.0. The molecule has 0 unspecified atom stereocenters. The Kier molecular flexibility index (Phi) is 5.64. The van der Waals surface area contributed by atoms with Crippen LogP contribution >= 0.6 is 0 Å². The van der Waals surface area contributed by atoms with Crippen LogP contribution in [0.1, 0.15) is 29.5 Å².